The molecule has 7 heteroatoms. The van der Waals surface area contributed by atoms with Gasteiger partial charge in [0.05, 0.1) is 17.6 Å². The monoisotopic (exact) mass is 351 g/mol. The van der Waals surface area contributed by atoms with Gasteiger partial charge in [-0.2, -0.15) is 0 Å². The van der Waals surface area contributed by atoms with Crippen LogP contribution >= 0.6 is 0 Å². The van der Waals surface area contributed by atoms with Gasteiger partial charge in [0, 0.05) is 50.0 Å². The summed E-state index contributed by atoms with van der Waals surface area (Å²) in [4.78, 5) is 36.7. The number of carbonyl (C=O) groups excluding carboxylic acids is 2. The molecule has 0 atom stereocenters. The molecule has 1 aliphatic rings. The van der Waals surface area contributed by atoms with Crippen molar-refractivity contribution in [2.75, 3.05) is 20.6 Å². The van der Waals surface area contributed by atoms with Crippen molar-refractivity contribution in [1.29, 1.82) is 0 Å². The molecule has 0 spiro atoms. The van der Waals surface area contributed by atoms with Crippen LogP contribution in [-0.4, -0.2) is 56.9 Å². The zero-order valence-corrected chi connectivity index (χ0v) is 15.1. The van der Waals surface area contributed by atoms with Crippen LogP contribution < -0.4 is 0 Å². The zero-order chi connectivity index (χ0) is 18.4. The molecule has 0 bridgehead atoms. The van der Waals surface area contributed by atoms with Gasteiger partial charge in [0.1, 0.15) is 5.82 Å². The lowest BCUT2D eigenvalue weighted by molar-refractivity contribution is 0.0723. The van der Waals surface area contributed by atoms with Gasteiger partial charge >= 0.3 is 6.03 Å². The first-order valence-electron chi connectivity index (χ1n) is 8.61. The van der Waals surface area contributed by atoms with E-state index in [4.69, 9.17) is 0 Å². The van der Waals surface area contributed by atoms with Crippen LogP contribution in [0.1, 0.15) is 27.6 Å². The Kier molecular flexibility index (Phi) is 3.79. The molecule has 4 rings (SSSR count). The molecule has 7 nitrogen and oxygen atoms in total. The number of hydrogen-bond acceptors (Lipinski definition) is 3. The molecule has 26 heavy (non-hydrogen) atoms. The van der Waals surface area contributed by atoms with Gasteiger partial charge in [-0.15, -0.1) is 0 Å². The van der Waals surface area contributed by atoms with E-state index in [0.29, 0.717) is 25.1 Å². The number of aromatic nitrogens is 3. The number of hydrogen-bond donors (Lipinski definition) is 1. The normalized spacial score (nSPS) is 14.0. The smallest absolute Gasteiger partial charge is 0.328 e. The molecule has 2 amide bonds. The average molecular weight is 351 g/mol. The first-order chi connectivity index (χ1) is 12.5. The van der Waals surface area contributed by atoms with E-state index in [1.165, 1.54) is 4.90 Å². The number of fused-ring (bicyclic) bond motifs is 3. The molecule has 1 aliphatic heterocycles. The van der Waals surface area contributed by atoms with Crippen molar-refractivity contribution in [3.8, 4) is 0 Å². The third kappa shape index (κ3) is 2.47. The van der Waals surface area contributed by atoms with Gasteiger partial charge in [0.2, 0.25) is 0 Å². The molecule has 0 saturated carbocycles. The second-order valence-electron chi connectivity index (χ2n) is 6.84. The molecular formula is C19H21N5O2. The largest absolute Gasteiger partial charge is 0.345 e. The van der Waals surface area contributed by atoms with E-state index >= 15 is 0 Å². The lowest BCUT2D eigenvalue weighted by atomic mass is 10.0. The van der Waals surface area contributed by atoms with Gasteiger partial charge in [-0.25, -0.2) is 9.78 Å². The topological polar surface area (TPSA) is 74.2 Å². The summed E-state index contributed by atoms with van der Waals surface area (Å²) in [5.41, 5.74) is 3.17. The molecule has 0 fully saturated rings. The minimum absolute atomic E-state index is 0.0539. The van der Waals surface area contributed by atoms with Gasteiger partial charge in [-0.3, -0.25) is 9.36 Å². The SMILES string of the molecule is Cc1cnc(CN2CCc3c(c4ccccc4n3C(=O)N(C)C)C2=O)[nH]1. The van der Waals surface area contributed by atoms with Crippen molar-refractivity contribution in [3.63, 3.8) is 0 Å². The van der Waals surface area contributed by atoms with Gasteiger partial charge in [-0.05, 0) is 13.0 Å². The maximum atomic E-state index is 13.2. The molecule has 134 valence electrons. The highest BCUT2D eigenvalue weighted by atomic mass is 16.2. The number of H-pyrrole nitrogens is 1. The summed E-state index contributed by atoms with van der Waals surface area (Å²) in [5.74, 6) is 0.717. The summed E-state index contributed by atoms with van der Waals surface area (Å²) in [6.45, 7) is 2.93. The maximum absolute atomic E-state index is 13.2. The quantitative estimate of drug-likeness (QED) is 0.770. The number of nitrogens with one attached hydrogen (secondary N) is 1. The molecule has 0 radical (unpaired) electrons. The Hall–Kier alpha value is -3.09. The Morgan fingerprint density at radius 1 is 1.31 bits per heavy atom. The van der Waals surface area contributed by atoms with Gasteiger partial charge in [0.15, 0.2) is 0 Å². The van der Waals surface area contributed by atoms with Gasteiger partial charge in [-0.1, -0.05) is 18.2 Å². The third-order valence-corrected chi connectivity index (χ3v) is 4.76. The Morgan fingerprint density at radius 3 is 2.77 bits per heavy atom. The molecule has 0 saturated heterocycles. The minimum Gasteiger partial charge on any atom is -0.345 e. The fraction of sp³-hybridized carbons (Fsp3) is 0.316. The van der Waals surface area contributed by atoms with Crippen molar-refractivity contribution in [3.05, 3.63) is 53.2 Å². The van der Waals surface area contributed by atoms with Crippen LogP contribution in [0.5, 0.6) is 0 Å². The standard InChI is InChI=1S/C19H21N5O2/c1-12-10-20-16(21-12)11-23-9-8-15-17(18(23)25)13-6-4-5-7-14(13)24(15)19(26)22(2)3/h4-7,10H,8-9,11H2,1-3H3,(H,20,21). The number of imidazole rings is 1. The molecular weight excluding hydrogens is 330 g/mol. The predicted molar refractivity (Wildman–Crippen MR) is 98.2 cm³/mol. The Morgan fingerprint density at radius 2 is 2.08 bits per heavy atom. The summed E-state index contributed by atoms with van der Waals surface area (Å²) in [6.07, 6.45) is 2.39. The van der Waals surface area contributed by atoms with Crippen molar-refractivity contribution >= 4 is 22.8 Å². The number of rotatable bonds is 2. The molecule has 0 aliphatic carbocycles. The number of benzene rings is 1. The molecule has 1 N–H and O–H groups in total. The van der Waals surface area contributed by atoms with Crippen LogP contribution in [0, 0.1) is 6.92 Å². The minimum atomic E-state index is -0.134. The van der Waals surface area contributed by atoms with Crippen LogP contribution in [-0.2, 0) is 13.0 Å². The van der Waals surface area contributed by atoms with Crippen LogP contribution in [0.2, 0.25) is 0 Å². The fourth-order valence-electron chi connectivity index (χ4n) is 3.57. The van der Waals surface area contributed by atoms with E-state index in [1.54, 1.807) is 29.8 Å². The number of amides is 2. The first-order valence-corrected chi connectivity index (χ1v) is 8.61. The van der Waals surface area contributed by atoms with Crippen LogP contribution in [0.4, 0.5) is 4.79 Å². The van der Waals surface area contributed by atoms with E-state index in [2.05, 4.69) is 9.97 Å². The van der Waals surface area contributed by atoms with Crippen molar-refractivity contribution < 1.29 is 9.59 Å². The number of aryl methyl sites for hydroxylation is 1. The highest BCUT2D eigenvalue weighted by Crippen LogP contribution is 2.31. The fourth-order valence-corrected chi connectivity index (χ4v) is 3.57. The Bertz CT molecular complexity index is 1010. The second kappa shape index (κ2) is 6.01. The summed E-state index contributed by atoms with van der Waals surface area (Å²) in [6, 6.07) is 7.45. The van der Waals surface area contributed by atoms with E-state index in [-0.39, 0.29) is 11.9 Å². The van der Waals surface area contributed by atoms with Gasteiger partial charge < -0.3 is 14.8 Å². The number of para-hydroxylation sites is 1. The summed E-state index contributed by atoms with van der Waals surface area (Å²) in [5, 5.41) is 0.822. The van der Waals surface area contributed by atoms with Crippen LogP contribution in [0.15, 0.2) is 30.5 Å². The highest BCUT2D eigenvalue weighted by Gasteiger charge is 2.33. The number of aromatic amines is 1. The van der Waals surface area contributed by atoms with Crippen molar-refractivity contribution in [2.45, 2.75) is 19.9 Å². The Labute approximate surface area is 151 Å². The average Bonchev–Trinajstić information content (AvgIpc) is 3.17. The predicted octanol–water partition coefficient (Wildman–Crippen LogP) is 2.40. The van der Waals surface area contributed by atoms with E-state index < -0.39 is 0 Å². The van der Waals surface area contributed by atoms with E-state index in [1.807, 2.05) is 31.2 Å². The summed E-state index contributed by atoms with van der Waals surface area (Å²) in [7, 11) is 3.44. The lowest BCUT2D eigenvalue weighted by Crippen LogP contribution is -2.39. The molecule has 2 aromatic heterocycles. The number of carbonyl (C=O) groups is 2. The lowest BCUT2D eigenvalue weighted by Gasteiger charge is -2.27. The Balaban J connectivity index is 1.80. The van der Waals surface area contributed by atoms with Crippen LogP contribution in [0.25, 0.3) is 10.9 Å². The maximum Gasteiger partial charge on any atom is 0.328 e. The van der Waals surface area contributed by atoms with Crippen molar-refractivity contribution in [1.82, 2.24) is 24.3 Å². The zero-order valence-electron chi connectivity index (χ0n) is 15.1. The molecule has 1 aromatic carbocycles. The van der Waals surface area contributed by atoms with Gasteiger partial charge in [0.25, 0.3) is 5.91 Å². The van der Waals surface area contributed by atoms with E-state index in [0.717, 1.165) is 28.1 Å². The first kappa shape index (κ1) is 16.4. The second-order valence-corrected chi connectivity index (χ2v) is 6.84. The van der Waals surface area contributed by atoms with Crippen molar-refractivity contribution in [2.24, 2.45) is 0 Å². The molecule has 3 heterocycles. The number of nitrogens with zero attached hydrogens (tertiary/aromatic N) is 4. The molecule has 3 aromatic rings. The van der Waals surface area contributed by atoms with Crippen LogP contribution in [0.3, 0.4) is 0 Å². The van der Waals surface area contributed by atoms with E-state index in [9.17, 15) is 9.59 Å². The summed E-state index contributed by atoms with van der Waals surface area (Å²) < 4.78 is 1.68. The highest BCUT2D eigenvalue weighted by molar-refractivity contribution is 6.11. The summed E-state index contributed by atoms with van der Waals surface area (Å²) >= 11 is 0. The third-order valence-electron chi connectivity index (χ3n) is 4.76. The molecule has 0 unspecified atom stereocenters.